The van der Waals surface area contributed by atoms with Crippen LogP contribution in [0.4, 0.5) is 0 Å². The van der Waals surface area contributed by atoms with E-state index in [1.54, 1.807) is 0 Å². The molecule has 1 saturated carbocycles. The van der Waals surface area contributed by atoms with Crippen LogP contribution in [0.1, 0.15) is 50.5 Å². The van der Waals surface area contributed by atoms with Crippen molar-refractivity contribution in [3.8, 4) is 0 Å². The highest BCUT2D eigenvalue weighted by Crippen LogP contribution is 2.39. The number of rotatable bonds is 5. The fourth-order valence-corrected chi connectivity index (χ4v) is 3.40. The Bertz CT molecular complexity index is 406. The number of hydrogen-bond acceptors (Lipinski definition) is 1. The normalized spacial score (nSPS) is 23.5. The maximum absolute atomic E-state index is 6.16. The van der Waals surface area contributed by atoms with E-state index < -0.39 is 0 Å². The molecule has 1 fully saturated rings. The summed E-state index contributed by atoms with van der Waals surface area (Å²) < 4.78 is 0. The molecular weight excluding hydrogens is 277 g/mol. The topological polar surface area (TPSA) is 12.0 Å². The van der Waals surface area contributed by atoms with E-state index >= 15 is 0 Å². The second-order valence-corrected chi connectivity index (χ2v) is 6.34. The van der Waals surface area contributed by atoms with Crippen LogP contribution in [-0.2, 0) is 0 Å². The lowest BCUT2D eigenvalue weighted by atomic mass is 9.75. The number of benzene rings is 1. The van der Waals surface area contributed by atoms with Gasteiger partial charge >= 0.3 is 0 Å². The zero-order valence-electron chi connectivity index (χ0n) is 11.6. The molecular formula is C16H23Cl2N. The SMILES string of the molecule is CCCNCC1CCCCC1c1ccc(Cl)c(Cl)c1. The monoisotopic (exact) mass is 299 g/mol. The summed E-state index contributed by atoms with van der Waals surface area (Å²) >= 11 is 12.2. The molecule has 1 nitrogen and oxygen atoms in total. The van der Waals surface area contributed by atoms with Gasteiger partial charge in [0.25, 0.3) is 0 Å². The van der Waals surface area contributed by atoms with Crippen molar-refractivity contribution in [2.75, 3.05) is 13.1 Å². The minimum Gasteiger partial charge on any atom is -0.316 e. The van der Waals surface area contributed by atoms with Crippen LogP contribution in [0.15, 0.2) is 18.2 Å². The van der Waals surface area contributed by atoms with Crippen LogP contribution in [0.5, 0.6) is 0 Å². The summed E-state index contributed by atoms with van der Waals surface area (Å²) in [6.45, 7) is 4.45. The zero-order chi connectivity index (χ0) is 13.7. The largest absolute Gasteiger partial charge is 0.316 e. The van der Waals surface area contributed by atoms with Crippen molar-refractivity contribution in [3.05, 3.63) is 33.8 Å². The summed E-state index contributed by atoms with van der Waals surface area (Å²) in [5.41, 5.74) is 1.36. The molecule has 3 heteroatoms. The van der Waals surface area contributed by atoms with Gasteiger partial charge in [-0.15, -0.1) is 0 Å². The van der Waals surface area contributed by atoms with Gasteiger partial charge in [-0.1, -0.05) is 49.0 Å². The Morgan fingerprint density at radius 3 is 2.68 bits per heavy atom. The molecule has 1 aliphatic carbocycles. The second kappa shape index (κ2) is 7.52. The van der Waals surface area contributed by atoms with E-state index in [0.29, 0.717) is 16.0 Å². The Balaban J connectivity index is 2.07. The number of nitrogens with one attached hydrogen (secondary N) is 1. The van der Waals surface area contributed by atoms with E-state index in [4.69, 9.17) is 23.2 Å². The quantitative estimate of drug-likeness (QED) is 0.731. The molecule has 0 bridgehead atoms. The van der Waals surface area contributed by atoms with Crippen molar-refractivity contribution in [2.45, 2.75) is 44.9 Å². The van der Waals surface area contributed by atoms with E-state index in [-0.39, 0.29) is 0 Å². The smallest absolute Gasteiger partial charge is 0.0595 e. The maximum atomic E-state index is 6.16. The van der Waals surface area contributed by atoms with Gasteiger partial charge in [0.2, 0.25) is 0 Å². The molecule has 0 saturated heterocycles. The summed E-state index contributed by atoms with van der Waals surface area (Å²) in [5, 5.41) is 4.91. The summed E-state index contributed by atoms with van der Waals surface area (Å²) in [6, 6.07) is 6.15. The predicted octanol–water partition coefficient (Wildman–Crippen LogP) is 5.27. The molecule has 0 aromatic heterocycles. The summed E-state index contributed by atoms with van der Waals surface area (Å²) in [5.74, 6) is 1.37. The molecule has 2 atom stereocenters. The Kier molecular flexibility index (Phi) is 6.00. The molecule has 2 rings (SSSR count). The highest BCUT2D eigenvalue weighted by atomic mass is 35.5. The van der Waals surface area contributed by atoms with Gasteiger partial charge in [-0.3, -0.25) is 0 Å². The Morgan fingerprint density at radius 1 is 1.16 bits per heavy atom. The fraction of sp³-hybridized carbons (Fsp3) is 0.625. The maximum Gasteiger partial charge on any atom is 0.0595 e. The summed E-state index contributed by atoms with van der Waals surface area (Å²) in [7, 11) is 0. The standard InChI is InChI=1S/C16H23Cl2N/c1-2-9-19-11-13-5-3-4-6-14(13)12-7-8-15(17)16(18)10-12/h7-8,10,13-14,19H,2-6,9,11H2,1H3. The number of hydrogen-bond donors (Lipinski definition) is 1. The lowest BCUT2D eigenvalue weighted by Gasteiger charge is -2.32. The van der Waals surface area contributed by atoms with Crippen molar-refractivity contribution in [3.63, 3.8) is 0 Å². The van der Waals surface area contributed by atoms with Gasteiger partial charge < -0.3 is 5.32 Å². The summed E-state index contributed by atoms with van der Waals surface area (Å²) in [6.07, 6.45) is 6.48. The van der Waals surface area contributed by atoms with Gasteiger partial charge in [0.15, 0.2) is 0 Å². The van der Waals surface area contributed by atoms with Gasteiger partial charge in [-0.05, 0) is 61.9 Å². The minimum absolute atomic E-state index is 0.632. The molecule has 0 amide bonds. The van der Waals surface area contributed by atoms with Crippen LogP contribution >= 0.6 is 23.2 Å². The molecule has 1 aromatic rings. The Morgan fingerprint density at radius 2 is 1.95 bits per heavy atom. The van der Waals surface area contributed by atoms with Crippen molar-refractivity contribution in [1.82, 2.24) is 5.32 Å². The molecule has 1 aromatic carbocycles. The first kappa shape index (κ1) is 15.2. The van der Waals surface area contributed by atoms with Crippen molar-refractivity contribution >= 4 is 23.2 Å². The molecule has 0 aliphatic heterocycles. The summed E-state index contributed by atoms with van der Waals surface area (Å²) in [4.78, 5) is 0. The highest BCUT2D eigenvalue weighted by molar-refractivity contribution is 6.42. The Hall–Kier alpha value is -0.240. The van der Waals surface area contributed by atoms with Crippen LogP contribution < -0.4 is 5.32 Å². The van der Waals surface area contributed by atoms with Gasteiger partial charge in [0.05, 0.1) is 10.0 Å². The van der Waals surface area contributed by atoms with Crippen LogP contribution in [0.25, 0.3) is 0 Å². The number of halogens is 2. The molecule has 2 unspecified atom stereocenters. The average Bonchev–Trinajstić information content (AvgIpc) is 2.43. The zero-order valence-corrected chi connectivity index (χ0v) is 13.1. The first-order valence-electron chi connectivity index (χ1n) is 7.38. The Labute approximate surface area is 126 Å². The minimum atomic E-state index is 0.632. The van der Waals surface area contributed by atoms with E-state index in [2.05, 4.69) is 24.4 Å². The van der Waals surface area contributed by atoms with Gasteiger partial charge in [0, 0.05) is 0 Å². The molecule has 1 N–H and O–H groups in total. The first-order valence-corrected chi connectivity index (χ1v) is 8.13. The van der Waals surface area contributed by atoms with Crippen molar-refractivity contribution in [2.24, 2.45) is 5.92 Å². The van der Waals surface area contributed by atoms with Crippen LogP contribution in [-0.4, -0.2) is 13.1 Å². The van der Waals surface area contributed by atoms with Gasteiger partial charge in [-0.25, -0.2) is 0 Å². The molecule has 106 valence electrons. The third kappa shape index (κ3) is 4.11. The van der Waals surface area contributed by atoms with E-state index in [1.807, 2.05) is 6.07 Å². The van der Waals surface area contributed by atoms with Gasteiger partial charge in [-0.2, -0.15) is 0 Å². The lowest BCUT2D eigenvalue weighted by molar-refractivity contribution is 0.296. The van der Waals surface area contributed by atoms with Crippen molar-refractivity contribution < 1.29 is 0 Å². The van der Waals surface area contributed by atoms with Crippen molar-refractivity contribution in [1.29, 1.82) is 0 Å². The van der Waals surface area contributed by atoms with Crippen LogP contribution in [0.2, 0.25) is 10.0 Å². The third-order valence-electron chi connectivity index (χ3n) is 4.11. The highest BCUT2D eigenvalue weighted by Gasteiger charge is 2.26. The van der Waals surface area contributed by atoms with Crippen LogP contribution in [0.3, 0.4) is 0 Å². The predicted molar refractivity (Wildman–Crippen MR) is 84.3 cm³/mol. The third-order valence-corrected chi connectivity index (χ3v) is 4.85. The molecule has 0 spiro atoms. The molecule has 1 aliphatic rings. The lowest BCUT2D eigenvalue weighted by Crippen LogP contribution is -2.30. The van der Waals surface area contributed by atoms with Crippen LogP contribution in [0, 0.1) is 5.92 Å². The second-order valence-electron chi connectivity index (χ2n) is 5.53. The van der Waals surface area contributed by atoms with E-state index in [0.717, 1.165) is 19.0 Å². The average molecular weight is 300 g/mol. The van der Waals surface area contributed by atoms with Gasteiger partial charge in [0.1, 0.15) is 0 Å². The first-order chi connectivity index (χ1) is 9.22. The molecule has 0 heterocycles. The molecule has 19 heavy (non-hydrogen) atoms. The van der Waals surface area contributed by atoms with E-state index in [1.165, 1.54) is 37.7 Å². The fourth-order valence-electron chi connectivity index (χ4n) is 3.10. The van der Waals surface area contributed by atoms with E-state index in [9.17, 15) is 0 Å². The molecule has 0 radical (unpaired) electrons.